The van der Waals surface area contributed by atoms with Crippen molar-refractivity contribution in [3.8, 4) is 0 Å². The summed E-state index contributed by atoms with van der Waals surface area (Å²) >= 11 is 0. The van der Waals surface area contributed by atoms with Crippen molar-refractivity contribution in [3.05, 3.63) is 16.7 Å². The molecule has 9 heteroatoms. The molecule has 27 heavy (non-hydrogen) atoms. The fourth-order valence-electron chi connectivity index (χ4n) is 2.36. The molecule has 0 radical (unpaired) electrons. The van der Waals surface area contributed by atoms with Crippen molar-refractivity contribution in [2.24, 2.45) is 5.41 Å². The normalized spacial score (nSPS) is 9.44. The van der Waals surface area contributed by atoms with Crippen molar-refractivity contribution in [2.75, 3.05) is 27.1 Å². The minimum absolute atomic E-state index is 0.132. The second kappa shape index (κ2) is 17.4. The molecule has 0 aliphatic heterocycles. The molecule has 2 aromatic heterocycles. The lowest BCUT2D eigenvalue weighted by Crippen LogP contribution is -2.16. The van der Waals surface area contributed by atoms with Crippen molar-refractivity contribution in [1.82, 2.24) is 19.5 Å². The summed E-state index contributed by atoms with van der Waals surface area (Å²) in [6, 6.07) is 0. The van der Waals surface area contributed by atoms with Crippen LogP contribution >= 0.6 is 0 Å². The van der Waals surface area contributed by atoms with E-state index in [1.54, 1.807) is 6.33 Å². The van der Waals surface area contributed by atoms with E-state index in [1.807, 2.05) is 18.4 Å². The molecule has 0 aromatic carbocycles. The van der Waals surface area contributed by atoms with E-state index in [1.165, 1.54) is 12.8 Å². The van der Waals surface area contributed by atoms with E-state index in [0.29, 0.717) is 11.2 Å². The molecule has 2 heterocycles. The third-order valence-electron chi connectivity index (χ3n) is 3.45. The van der Waals surface area contributed by atoms with Gasteiger partial charge in [-0.15, -0.1) is 0 Å². The molecule has 0 amide bonds. The average molecular weight is 390 g/mol. The lowest BCUT2D eigenvalue weighted by molar-refractivity contribution is 0.287. The van der Waals surface area contributed by atoms with Gasteiger partial charge in [-0.2, -0.15) is 4.98 Å². The molecule has 0 atom stereocenters. The summed E-state index contributed by atoms with van der Waals surface area (Å²) in [4.78, 5) is 22.4. The SMILES string of the molecule is CC.CCCC(C)(C)CCn1cnc2c(=O)[nH]c(N)nc21.CO.CO.CO. The third-order valence-corrected chi connectivity index (χ3v) is 3.45. The zero-order valence-corrected chi connectivity index (χ0v) is 18.1. The Morgan fingerprint density at radius 3 is 2.11 bits per heavy atom. The largest absolute Gasteiger partial charge is 0.400 e. The minimum atomic E-state index is -0.283. The van der Waals surface area contributed by atoms with Crippen LogP contribution in [0.25, 0.3) is 11.2 Å². The number of nitrogens with two attached hydrogens (primary N) is 1. The highest BCUT2D eigenvalue weighted by Crippen LogP contribution is 2.27. The molecule has 9 nitrogen and oxygen atoms in total. The number of aliphatic hydroxyl groups excluding tert-OH is 3. The molecule has 2 aromatic rings. The van der Waals surface area contributed by atoms with Crippen LogP contribution in [0.3, 0.4) is 0 Å². The first kappa shape index (κ1) is 29.8. The Kier molecular flexibility index (Phi) is 19.2. The van der Waals surface area contributed by atoms with Gasteiger partial charge in [0.15, 0.2) is 11.2 Å². The van der Waals surface area contributed by atoms with Crippen molar-refractivity contribution >= 4 is 17.1 Å². The van der Waals surface area contributed by atoms with Crippen molar-refractivity contribution in [3.63, 3.8) is 0 Å². The van der Waals surface area contributed by atoms with Crippen LogP contribution < -0.4 is 11.3 Å². The van der Waals surface area contributed by atoms with E-state index in [-0.39, 0.29) is 16.9 Å². The van der Waals surface area contributed by atoms with Gasteiger partial charge in [0.25, 0.3) is 5.56 Å². The van der Waals surface area contributed by atoms with Crippen LogP contribution in [0.4, 0.5) is 5.95 Å². The summed E-state index contributed by atoms with van der Waals surface area (Å²) in [5.41, 5.74) is 6.48. The zero-order valence-electron chi connectivity index (χ0n) is 18.1. The fourth-order valence-corrected chi connectivity index (χ4v) is 2.36. The Morgan fingerprint density at radius 1 is 1.11 bits per heavy atom. The average Bonchev–Trinajstić information content (AvgIpc) is 3.10. The van der Waals surface area contributed by atoms with Gasteiger partial charge in [0.05, 0.1) is 6.33 Å². The number of aliphatic hydroxyl groups is 3. The van der Waals surface area contributed by atoms with Crippen LogP contribution in [-0.2, 0) is 6.54 Å². The molecule has 0 unspecified atom stereocenters. The van der Waals surface area contributed by atoms with Gasteiger partial charge in [-0.25, -0.2) is 4.98 Å². The number of H-pyrrole nitrogens is 1. The maximum Gasteiger partial charge on any atom is 0.280 e. The topological polar surface area (TPSA) is 150 Å². The number of nitrogens with zero attached hydrogens (tertiary/aromatic N) is 3. The number of aromatic nitrogens is 4. The predicted octanol–water partition coefficient (Wildman–Crippen LogP) is 1.77. The smallest absolute Gasteiger partial charge is 0.280 e. The number of hydrogen-bond acceptors (Lipinski definition) is 7. The highest BCUT2D eigenvalue weighted by molar-refractivity contribution is 5.70. The lowest BCUT2D eigenvalue weighted by atomic mass is 9.85. The first-order chi connectivity index (χ1) is 12.9. The minimum Gasteiger partial charge on any atom is -0.400 e. The molecular weight excluding hydrogens is 350 g/mol. The van der Waals surface area contributed by atoms with Crippen molar-refractivity contribution in [2.45, 2.75) is 60.4 Å². The van der Waals surface area contributed by atoms with Gasteiger partial charge >= 0.3 is 0 Å². The van der Waals surface area contributed by atoms with Gasteiger partial charge in [-0.05, 0) is 18.3 Å². The number of imidazole rings is 1. The summed E-state index contributed by atoms with van der Waals surface area (Å²) in [6.07, 6.45) is 5.02. The van der Waals surface area contributed by atoms with Crippen LogP contribution in [0.1, 0.15) is 53.9 Å². The standard InChI is InChI=1S/C13H21N5O.C2H6.3CH4O/c1-4-5-13(2,3)6-7-18-8-15-9-10(18)16-12(14)17-11(9)19;4*1-2/h8H,4-7H2,1-3H3,(H3,14,16,17,19);1-2H3;3*2H,1H3. The molecule has 0 saturated heterocycles. The number of rotatable bonds is 5. The lowest BCUT2D eigenvalue weighted by Gasteiger charge is -2.23. The number of fused-ring (bicyclic) bond motifs is 1. The first-order valence-corrected chi connectivity index (χ1v) is 8.98. The second-order valence-electron chi connectivity index (χ2n) is 5.73. The predicted molar refractivity (Wildman–Crippen MR) is 112 cm³/mol. The molecule has 0 aliphatic carbocycles. The van der Waals surface area contributed by atoms with Crippen molar-refractivity contribution in [1.29, 1.82) is 0 Å². The van der Waals surface area contributed by atoms with E-state index in [9.17, 15) is 4.79 Å². The Balaban J connectivity index is -0.000000638. The van der Waals surface area contributed by atoms with Gasteiger partial charge in [0.2, 0.25) is 5.95 Å². The number of aromatic amines is 1. The number of nitrogen functional groups attached to an aromatic ring is 1. The van der Waals surface area contributed by atoms with Crippen LogP contribution in [0.5, 0.6) is 0 Å². The number of hydrogen-bond donors (Lipinski definition) is 5. The molecule has 6 N–H and O–H groups in total. The Bertz CT molecular complexity index is 638. The number of aryl methyl sites for hydroxylation is 1. The molecule has 0 bridgehead atoms. The third kappa shape index (κ3) is 10.7. The van der Waals surface area contributed by atoms with E-state index in [2.05, 4.69) is 35.7 Å². The Morgan fingerprint density at radius 2 is 1.63 bits per heavy atom. The van der Waals surface area contributed by atoms with Crippen LogP contribution in [-0.4, -0.2) is 56.2 Å². The summed E-state index contributed by atoms with van der Waals surface area (Å²) in [5.74, 6) is 0.132. The van der Waals surface area contributed by atoms with Crippen LogP contribution in [0.2, 0.25) is 0 Å². The Labute approximate surface area is 162 Å². The fraction of sp³-hybridized carbons (Fsp3) is 0.722. The highest BCUT2D eigenvalue weighted by atomic mass is 16.2. The molecule has 0 spiro atoms. The van der Waals surface area contributed by atoms with Gasteiger partial charge in [-0.1, -0.05) is 41.0 Å². The number of anilines is 1. The number of nitrogens with one attached hydrogen (secondary N) is 1. The van der Waals surface area contributed by atoms with E-state index in [0.717, 1.165) is 34.3 Å². The van der Waals surface area contributed by atoms with E-state index >= 15 is 0 Å². The quantitative estimate of drug-likeness (QED) is 0.523. The first-order valence-electron chi connectivity index (χ1n) is 8.98. The maximum atomic E-state index is 11.7. The maximum absolute atomic E-state index is 11.7. The van der Waals surface area contributed by atoms with Gasteiger partial charge in [0, 0.05) is 27.9 Å². The van der Waals surface area contributed by atoms with Crippen LogP contribution in [0, 0.1) is 5.41 Å². The van der Waals surface area contributed by atoms with Crippen LogP contribution in [0.15, 0.2) is 11.1 Å². The second-order valence-corrected chi connectivity index (χ2v) is 5.73. The van der Waals surface area contributed by atoms with E-state index < -0.39 is 0 Å². The molecular formula is C18H39N5O4. The molecule has 160 valence electrons. The van der Waals surface area contributed by atoms with Crippen molar-refractivity contribution < 1.29 is 15.3 Å². The molecule has 0 saturated carbocycles. The highest BCUT2D eigenvalue weighted by Gasteiger charge is 2.17. The van der Waals surface area contributed by atoms with Gasteiger partial charge < -0.3 is 25.6 Å². The van der Waals surface area contributed by atoms with Gasteiger partial charge in [-0.3, -0.25) is 9.78 Å². The molecule has 2 rings (SSSR count). The van der Waals surface area contributed by atoms with Gasteiger partial charge in [0.1, 0.15) is 0 Å². The molecule has 0 fully saturated rings. The monoisotopic (exact) mass is 389 g/mol. The summed E-state index contributed by atoms with van der Waals surface area (Å²) < 4.78 is 1.90. The summed E-state index contributed by atoms with van der Waals surface area (Å²) in [5, 5.41) is 21.0. The zero-order chi connectivity index (χ0) is 22.0. The Hall–Kier alpha value is -1.97. The summed E-state index contributed by atoms with van der Waals surface area (Å²) in [7, 11) is 3.00. The van der Waals surface area contributed by atoms with E-state index in [4.69, 9.17) is 21.1 Å². The summed E-state index contributed by atoms with van der Waals surface area (Å²) in [6.45, 7) is 11.5. The molecule has 0 aliphatic rings.